The summed E-state index contributed by atoms with van der Waals surface area (Å²) in [6.45, 7) is 10.3. The molecule has 2 N–H and O–H groups in total. The Balaban J connectivity index is 1.40. The number of rotatable bonds is 12. The van der Waals surface area contributed by atoms with E-state index in [4.69, 9.17) is 28.9 Å². The molecular formula is C52H46N4O4. The van der Waals surface area contributed by atoms with Crippen LogP contribution in [-0.2, 0) is 0 Å². The number of hydrogen-bond acceptors (Lipinski definition) is 6. The fraction of sp³-hybridized carbons (Fsp3) is 0.154. The third kappa shape index (κ3) is 7.55. The van der Waals surface area contributed by atoms with Crippen molar-refractivity contribution >= 4 is 46.4 Å². The number of hydrogen-bond donors (Lipinski definition) is 2. The van der Waals surface area contributed by atoms with E-state index in [1.165, 1.54) is 0 Å². The molecule has 0 unspecified atom stereocenters. The smallest absolute Gasteiger partial charge is 0.119 e. The summed E-state index contributed by atoms with van der Waals surface area (Å²) in [6.07, 6.45) is 8.43. The molecule has 0 saturated carbocycles. The lowest BCUT2D eigenvalue weighted by Crippen LogP contribution is -1.93. The van der Waals surface area contributed by atoms with Gasteiger partial charge in [0.15, 0.2) is 0 Å². The van der Waals surface area contributed by atoms with Crippen LogP contribution in [0.3, 0.4) is 0 Å². The molecular weight excluding hydrogens is 745 g/mol. The van der Waals surface area contributed by atoms with E-state index in [1.54, 1.807) is 0 Å². The molecule has 298 valence electrons. The van der Waals surface area contributed by atoms with Gasteiger partial charge in [-0.05, 0) is 147 Å². The van der Waals surface area contributed by atoms with Crippen LogP contribution in [0.25, 0.3) is 90.9 Å². The molecule has 3 aromatic heterocycles. The Labute approximate surface area is 349 Å². The lowest BCUT2D eigenvalue weighted by atomic mass is 10.0. The number of aromatic nitrogens is 4. The van der Waals surface area contributed by atoms with E-state index >= 15 is 0 Å². The van der Waals surface area contributed by atoms with Crippen molar-refractivity contribution in [3.8, 4) is 67.5 Å². The van der Waals surface area contributed by atoms with Crippen molar-refractivity contribution in [1.29, 1.82) is 0 Å². The highest BCUT2D eigenvalue weighted by molar-refractivity contribution is 6.00. The zero-order valence-corrected chi connectivity index (χ0v) is 34.2. The number of ether oxygens (including phenoxy) is 4. The van der Waals surface area contributed by atoms with E-state index in [9.17, 15) is 0 Å². The summed E-state index contributed by atoms with van der Waals surface area (Å²) in [4.78, 5) is 18.5. The maximum atomic E-state index is 5.84. The van der Waals surface area contributed by atoms with Gasteiger partial charge in [-0.3, -0.25) is 0 Å². The molecule has 8 bridgehead atoms. The second-order valence-corrected chi connectivity index (χ2v) is 14.3. The van der Waals surface area contributed by atoms with Crippen LogP contribution in [-0.4, -0.2) is 46.4 Å². The maximum Gasteiger partial charge on any atom is 0.119 e. The van der Waals surface area contributed by atoms with E-state index in [0.29, 0.717) is 26.4 Å². The fourth-order valence-electron chi connectivity index (χ4n) is 7.96. The van der Waals surface area contributed by atoms with E-state index in [-0.39, 0.29) is 0 Å². The zero-order valence-electron chi connectivity index (χ0n) is 34.2. The summed E-state index contributed by atoms with van der Waals surface area (Å²) >= 11 is 0. The van der Waals surface area contributed by atoms with Gasteiger partial charge >= 0.3 is 0 Å². The molecule has 2 aliphatic rings. The van der Waals surface area contributed by atoms with Gasteiger partial charge in [0.05, 0.1) is 49.2 Å². The van der Waals surface area contributed by atoms with Crippen molar-refractivity contribution in [2.75, 3.05) is 26.4 Å². The lowest BCUT2D eigenvalue weighted by molar-refractivity contribution is 0.340. The first-order valence-electron chi connectivity index (χ1n) is 20.6. The normalized spacial score (nSPS) is 11.8. The standard InChI is InChI=1S/C52H46N4O4/c1-5-57-37-17-9-33(10-18-37)49-41-25-27-43(53-41)50(34-11-19-38(20-12-34)58-6-2)45-29-31-47(55-45)52(36-15-23-40(24-16-36)60-8-4)48-32-30-46(56-48)51(44-28-26-42(49)54-44)35-13-21-39(22-14-35)59-7-3/h9-32,53,56H,5-8H2,1-4H3. The average molecular weight is 791 g/mol. The van der Waals surface area contributed by atoms with Gasteiger partial charge < -0.3 is 28.9 Å². The molecule has 0 aliphatic carbocycles. The second-order valence-electron chi connectivity index (χ2n) is 14.3. The van der Waals surface area contributed by atoms with E-state index in [0.717, 1.165) is 112 Å². The Morgan fingerprint density at radius 1 is 0.317 bits per heavy atom. The highest BCUT2D eigenvalue weighted by Gasteiger charge is 2.19. The summed E-state index contributed by atoms with van der Waals surface area (Å²) in [5.74, 6) is 3.27. The summed E-state index contributed by atoms with van der Waals surface area (Å²) in [5, 5.41) is 0. The summed E-state index contributed by atoms with van der Waals surface area (Å²) in [6, 6.07) is 41.5. The second kappa shape index (κ2) is 16.9. The van der Waals surface area contributed by atoms with Gasteiger partial charge in [-0.1, -0.05) is 48.5 Å². The molecule has 7 aromatic rings. The minimum Gasteiger partial charge on any atom is -0.494 e. The molecule has 60 heavy (non-hydrogen) atoms. The van der Waals surface area contributed by atoms with Gasteiger partial charge in [0.2, 0.25) is 0 Å². The van der Waals surface area contributed by atoms with Crippen molar-refractivity contribution in [3.63, 3.8) is 0 Å². The third-order valence-corrected chi connectivity index (χ3v) is 10.6. The molecule has 5 heterocycles. The molecule has 0 amide bonds. The van der Waals surface area contributed by atoms with E-state index < -0.39 is 0 Å². The Bertz CT molecular complexity index is 2500. The largest absolute Gasteiger partial charge is 0.494 e. The SMILES string of the molecule is CCOc1ccc(-c2c3nc(c(-c4ccc(OCC)cc4)c4ccc([nH]4)c(-c4ccc(OCC)cc4)c4nc(c(-c5ccc(OCC)cc5)c5ccc2[nH]5)C=C4)C=C3)cc1. The van der Waals surface area contributed by atoms with Crippen molar-refractivity contribution < 1.29 is 18.9 Å². The number of fused-ring (bicyclic) bond motifs is 8. The molecule has 8 nitrogen and oxygen atoms in total. The first kappa shape index (κ1) is 38.2. The van der Waals surface area contributed by atoms with Crippen LogP contribution in [0.5, 0.6) is 23.0 Å². The predicted molar refractivity (Wildman–Crippen MR) is 245 cm³/mol. The topological polar surface area (TPSA) is 94.3 Å². The van der Waals surface area contributed by atoms with E-state index in [2.05, 4.69) is 107 Å². The lowest BCUT2D eigenvalue weighted by Gasteiger charge is -2.09. The van der Waals surface area contributed by atoms with Crippen LogP contribution in [0.15, 0.2) is 121 Å². The van der Waals surface area contributed by atoms with Gasteiger partial charge in [-0.15, -0.1) is 0 Å². The van der Waals surface area contributed by atoms with Crippen LogP contribution in [0, 0.1) is 0 Å². The number of nitrogens with one attached hydrogen (secondary N) is 2. The molecule has 0 spiro atoms. The van der Waals surface area contributed by atoms with Crippen molar-refractivity contribution in [1.82, 2.24) is 19.9 Å². The molecule has 2 aliphatic heterocycles. The Kier molecular flexibility index (Phi) is 10.7. The molecule has 0 saturated heterocycles. The first-order valence-corrected chi connectivity index (χ1v) is 20.6. The van der Waals surface area contributed by atoms with Crippen LogP contribution in [0.1, 0.15) is 50.5 Å². The monoisotopic (exact) mass is 790 g/mol. The zero-order chi connectivity index (χ0) is 41.0. The van der Waals surface area contributed by atoms with Crippen LogP contribution in [0.2, 0.25) is 0 Å². The Morgan fingerprint density at radius 2 is 0.533 bits per heavy atom. The number of nitrogens with zero attached hydrogens (tertiary/aromatic N) is 2. The van der Waals surface area contributed by atoms with Gasteiger partial charge in [0.25, 0.3) is 0 Å². The first-order chi connectivity index (χ1) is 29.5. The molecule has 0 atom stereocenters. The van der Waals surface area contributed by atoms with Crippen molar-refractivity contribution in [3.05, 3.63) is 144 Å². The summed E-state index contributed by atoms with van der Waals surface area (Å²) < 4.78 is 23.4. The van der Waals surface area contributed by atoms with Gasteiger partial charge in [-0.25, -0.2) is 9.97 Å². The number of benzene rings is 4. The molecule has 9 rings (SSSR count). The number of aromatic amines is 2. The Hall–Kier alpha value is -7.32. The summed E-state index contributed by atoms with van der Waals surface area (Å²) in [5.41, 5.74) is 14.9. The molecule has 0 fully saturated rings. The minimum atomic E-state index is 0.593. The molecule has 0 radical (unpaired) electrons. The van der Waals surface area contributed by atoms with Gasteiger partial charge in [0, 0.05) is 44.3 Å². The quantitative estimate of drug-likeness (QED) is 0.128. The fourth-order valence-corrected chi connectivity index (χ4v) is 7.96. The van der Waals surface area contributed by atoms with Crippen LogP contribution < -0.4 is 18.9 Å². The van der Waals surface area contributed by atoms with Crippen molar-refractivity contribution in [2.24, 2.45) is 0 Å². The molecule has 4 aromatic carbocycles. The van der Waals surface area contributed by atoms with Gasteiger partial charge in [0.1, 0.15) is 23.0 Å². The van der Waals surface area contributed by atoms with Crippen LogP contribution >= 0.6 is 0 Å². The Morgan fingerprint density at radius 3 is 0.733 bits per heavy atom. The highest BCUT2D eigenvalue weighted by atomic mass is 16.5. The van der Waals surface area contributed by atoms with Crippen LogP contribution in [0.4, 0.5) is 0 Å². The summed E-state index contributed by atoms with van der Waals surface area (Å²) in [7, 11) is 0. The maximum absolute atomic E-state index is 5.84. The minimum absolute atomic E-state index is 0.593. The highest BCUT2D eigenvalue weighted by Crippen LogP contribution is 2.39. The molecule has 8 heteroatoms. The number of H-pyrrole nitrogens is 2. The van der Waals surface area contributed by atoms with E-state index in [1.807, 2.05) is 76.2 Å². The third-order valence-electron chi connectivity index (χ3n) is 10.6. The average Bonchev–Trinajstić information content (AvgIpc) is 4.12. The van der Waals surface area contributed by atoms with Gasteiger partial charge in [-0.2, -0.15) is 0 Å². The predicted octanol–water partition coefficient (Wildman–Crippen LogP) is 12.9. The van der Waals surface area contributed by atoms with Crippen molar-refractivity contribution in [2.45, 2.75) is 27.7 Å².